The molecule has 0 unspecified atom stereocenters. The van der Waals surface area contributed by atoms with E-state index in [1.807, 2.05) is 30.3 Å². The van der Waals surface area contributed by atoms with E-state index in [4.69, 9.17) is 20.8 Å². The van der Waals surface area contributed by atoms with E-state index in [1.54, 1.807) is 0 Å². The molecule has 0 bridgehead atoms. The van der Waals surface area contributed by atoms with Crippen molar-refractivity contribution in [3.63, 3.8) is 0 Å². The Morgan fingerprint density at radius 2 is 1.94 bits per heavy atom. The lowest BCUT2D eigenvalue weighted by Gasteiger charge is -2.07. The van der Waals surface area contributed by atoms with E-state index in [0.717, 1.165) is 5.56 Å². The van der Waals surface area contributed by atoms with Gasteiger partial charge in [-0.15, -0.1) is 11.6 Å². The van der Waals surface area contributed by atoms with Crippen molar-refractivity contribution in [1.82, 2.24) is 0 Å². The number of benzene rings is 1. The highest BCUT2D eigenvalue weighted by Crippen LogP contribution is 2.16. The van der Waals surface area contributed by atoms with Crippen LogP contribution in [0.3, 0.4) is 0 Å². The molecule has 2 aromatic rings. The van der Waals surface area contributed by atoms with Crippen LogP contribution in [-0.4, -0.2) is 0 Å². The summed E-state index contributed by atoms with van der Waals surface area (Å²) in [5.74, 6) is 0.654. The van der Waals surface area contributed by atoms with E-state index in [2.05, 4.69) is 0 Å². The third kappa shape index (κ3) is 2.88. The fraction of sp³-hybridized carbons (Fsp3) is 0.154. The summed E-state index contributed by atoms with van der Waals surface area (Å²) in [5, 5.41) is 0. The lowest BCUT2D eigenvalue weighted by molar-refractivity contribution is 0.285. The minimum Gasteiger partial charge on any atom is -0.482 e. The molecule has 2 rings (SSSR count). The van der Waals surface area contributed by atoms with Crippen LogP contribution in [0.5, 0.6) is 5.75 Å². The van der Waals surface area contributed by atoms with Crippen molar-refractivity contribution in [1.29, 1.82) is 0 Å². The van der Waals surface area contributed by atoms with Crippen LogP contribution < -0.4 is 10.2 Å². The van der Waals surface area contributed by atoms with E-state index in [0.29, 0.717) is 12.4 Å². The fourth-order valence-electron chi connectivity index (χ4n) is 1.42. The quantitative estimate of drug-likeness (QED) is 0.783. The highest BCUT2D eigenvalue weighted by Gasteiger charge is 2.09. The van der Waals surface area contributed by atoms with Crippen molar-refractivity contribution in [2.75, 3.05) is 0 Å². The van der Waals surface area contributed by atoms with Crippen LogP contribution in [0.1, 0.15) is 11.3 Å². The minimum atomic E-state index is -0.220. The first kappa shape index (κ1) is 11.7. The lowest BCUT2D eigenvalue weighted by Crippen LogP contribution is -2.09. The number of hydrogen-bond donors (Lipinski definition) is 0. The molecule has 0 spiro atoms. The zero-order chi connectivity index (χ0) is 12.1. The molecule has 0 N–H and O–H groups in total. The van der Waals surface area contributed by atoms with E-state index in [-0.39, 0.29) is 17.1 Å². The summed E-state index contributed by atoms with van der Waals surface area (Å²) in [5.41, 5.74) is 0.763. The standard InChI is InChI=1S/C13H11ClO3/c14-8-12-13(11(15)6-7-16-12)17-9-10-4-2-1-3-5-10/h1-7H,8-9H2. The maximum atomic E-state index is 11.6. The predicted molar refractivity (Wildman–Crippen MR) is 65.3 cm³/mol. The first-order valence-electron chi connectivity index (χ1n) is 5.14. The molecule has 0 atom stereocenters. The molecule has 0 radical (unpaired) electrons. The van der Waals surface area contributed by atoms with Crippen LogP contribution in [0, 0.1) is 0 Å². The van der Waals surface area contributed by atoms with Crippen molar-refractivity contribution < 1.29 is 9.15 Å². The smallest absolute Gasteiger partial charge is 0.227 e. The summed E-state index contributed by atoms with van der Waals surface area (Å²) in [7, 11) is 0. The maximum absolute atomic E-state index is 11.6. The van der Waals surface area contributed by atoms with Crippen molar-refractivity contribution in [3.05, 3.63) is 64.2 Å². The summed E-state index contributed by atoms with van der Waals surface area (Å²) in [6.07, 6.45) is 1.31. The summed E-state index contributed by atoms with van der Waals surface area (Å²) < 4.78 is 10.6. The monoisotopic (exact) mass is 250 g/mol. The zero-order valence-electron chi connectivity index (χ0n) is 9.06. The second kappa shape index (κ2) is 5.55. The van der Waals surface area contributed by atoms with E-state index < -0.39 is 0 Å². The van der Waals surface area contributed by atoms with Crippen LogP contribution in [-0.2, 0) is 12.5 Å². The Bertz CT molecular complexity index is 534. The second-order valence-corrected chi connectivity index (χ2v) is 3.71. The van der Waals surface area contributed by atoms with Gasteiger partial charge in [0.15, 0.2) is 5.76 Å². The summed E-state index contributed by atoms with van der Waals surface area (Å²) >= 11 is 5.67. The maximum Gasteiger partial charge on any atom is 0.227 e. The molecule has 1 heterocycles. The van der Waals surface area contributed by atoms with E-state index >= 15 is 0 Å². The van der Waals surface area contributed by atoms with Gasteiger partial charge < -0.3 is 9.15 Å². The number of ether oxygens (including phenoxy) is 1. The van der Waals surface area contributed by atoms with Crippen LogP contribution in [0.15, 0.2) is 51.9 Å². The number of hydrogen-bond acceptors (Lipinski definition) is 3. The average Bonchev–Trinajstić information content (AvgIpc) is 2.38. The van der Waals surface area contributed by atoms with Crippen LogP contribution in [0.2, 0.25) is 0 Å². The highest BCUT2D eigenvalue weighted by atomic mass is 35.5. The lowest BCUT2D eigenvalue weighted by atomic mass is 10.2. The van der Waals surface area contributed by atoms with Crippen LogP contribution in [0.25, 0.3) is 0 Å². The minimum absolute atomic E-state index is 0.111. The molecule has 1 aromatic carbocycles. The van der Waals surface area contributed by atoms with Gasteiger partial charge in [-0.3, -0.25) is 4.79 Å². The van der Waals surface area contributed by atoms with Gasteiger partial charge in [-0.05, 0) is 5.56 Å². The largest absolute Gasteiger partial charge is 0.482 e. The molecule has 3 nitrogen and oxygen atoms in total. The second-order valence-electron chi connectivity index (χ2n) is 3.45. The predicted octanol–water partition coefficient (Wildman–Crippen LogP) is 2.96. The van der Waals surface area contributed by atoms with Gasteiger partial charge in [0.1, 0.15) is 6.61 Å². The first-order chi connectivity index (χ1) is 8.31. The third-order valence-electron chi connectivity index (χ3n) is 2.25. The van der Waals surface area contributed by atoms with Gasteiger partial charge >= 0.3 is 0 Å². The molecule has 0 amide bonds. The van der Waals surface area contributed by atoms with Crippen LogP contribution >= 0.6 is 11.6 Å². The van der Waals surface area contributed by atoms with E-state index in [1.165, 1.54) is 12.3 Å². The molecule has 0 saturated carbocycles. The van der Waals surface area contributed by atoms with Crippen molar-refractivity contribution in [2.45, 2.75) is 12.5 Å². The van der Waals surface area contributed by atoms with Gasteiger partial charge in [0, 0.05) is 6.07 Å². The van der Waals surface area contributed by atoms with Gasteiger partial charge in [0.25, 0.3) is 0 Å². The first-order valence-corrected chi connectivity index (χ1v) is 5.68. The Hall–Kier alpha value is -1.74. The van der Waals surface area contributed by atoms with Crippen molar-refractivity contribution in [2.24, 2.45) is 0 Å². The van der Waals surface area contributed by atoms with Crippen molar-refractivity contribution >= 4 is 11.6 Å². The Labute approximate surface area is 104 Å². The SMILES string of the molecule is O=c1ccoc(CCl)c1OCc1ccccc1. The highest BCUT2D eigenvalue weighted by molar-refractivity contribution is 6.17. The molecule has 88 valence electrons. The topological polar surface area (TPSA) is 39.4 Å². The molecule has 4 heteroatoms. The number of halogens is 1. The number of alkyl halides is 1. The Morgan fingerprint density at radius 1 is 1.18 bits per heavy atom. The van der Waals surface area contributed by atoms with Crippen LogP contribution in [0.4, 0.5) is 0 Å². The van der Waals surface area contributed by atoms with Crippen molar-refractivity contribution in [3.8, 4) is 5.75 Å². The molecule has 0 saturated heterocycles. The molecule has 0 aliphatic rings. The van der Waals surface area contributed by atoms with Gasteiger partial charge in [-0.25, -0.2) is 0 Å². The molecule has 0 aliphatic carbocycles. The molecule has 1 aromatic heterocycles. The fourth-order valence-corrected chi connectivity index (χ4v) is 1.60. The summed E-state index contributed by atoms with van der Waals surface area (Å²) in [6, 6.07) is 10.9. The Balaban J connectivity index is 2.17. The zero-order valence-corrected chi connectivity index (χ0v) is 9.81. The Morgan fingerprint density at radius 3 is 2.65 bits per heavy atom. The molecular formula is C13H11ClO3. The molecule has 0 fully saturated rings. The molecule has 0 aliphatic heterocycles. The molecule has 17 heavy (non-hydrogen) atoms. The summed E-state index contributed by atoms with van der Waals surface area (Å²) in [6.45, 7) is 0.319. The van der Waals surface area contributed by atoms with Gasteiger partial charge in [-0.2, -0.15) is 0 Å². The summed E-state index contributed by atoms with van der Waals surface area (Å²) in [4.78, 5) is 11.6. The Kier molecular flexibility index (Phi) is 3.83. The van der Waals surface area contributed by atoms with Gasteiger partial charge in [0.05, 0.1) is 12.1 Å². The van der Waals surface area contributed by atoms with Gasteiger partial charge in [-0.1, -0.05) is 30.3 Å². The van der Waals surface area contributed by atoms with Gasteiger partial charge in [0.2, 0.25) is 11.2 Å². The third-order valence-corrected chi connectivity index (χ3v) is 2.50. The van der Waals surface area contributed by atoms with E-state index in [9.17, 15) is 4.79 Å². The average molecular weight is 251 g/mol. The normalized spacial score (nSPS) is 10.2. The molecular weight excluding hydrogens is 240 g/mol. The number of rotatable bonds is 4.